The van der Waals surface area contributed by atoms with E-state index in [2.05, 4.69) is 0 Å². The molecule has 0 nitrogen and oxygen atoms in total. The van der Waals surface area contributed by atoms with E-state index in [0.717, 1.165) is 22.5 Å². The topological polar surface area (TPSA) is 0 Å². The van der Waals surface area contributed by atoms with Crippen LogP contribution in [0.2, 0.25) is 5.02 Å². The van der Waals surface area contributed by atoms with Crippen molar-refractivity contribution in [3.05, 3.63) is 29.0 Å². The summed E-state index contributed by atoms with van der Waals surface area (Å²) in [5, 5.41) is 0.463. The van der Waals surface area contributed by atoms with Gasteiger partial charge < -0.3 is 0 Å². The fourth-order valence-corrected chi connectivity index (χ4v) is 1.14. The molecule has 0 unspecified atom stereocenters. The van der Waals surface area contributed by atoms with Gasteiger partial charge in [0.2, 0.25) is 0 Å². The molecular formula is C6H3ClFZn. The van der Waals surface area contributed by atoms with Crippen molar-refractivity contribution in [2.45, 2.75) is 0 Å². The Kier molecular flexibility index (Phi) is 2.20. The fourth-order valence-electron chi connectivity index (χ4n) is 0.522. The Bertz CT molecular complexity index is 224. The van der Waals surface area contributed by atoms with Gasteiger partial charge in [-0.25, -0.2) is 0 Å². The Hall–Kier alpha value is 0.0634. The van der Waals surface area contributed by atoms with Crippen LogP contribution in [0.3, 0.4) is 0 Å². The molecule has 0 spiro atoms. The van der Waals surface area contributed by atoms with Crippen molar-refractivity contribution in [2.75, 3.05) is 0 Å². The van der Waals surface area contributed by atoms with Crippen LogP contribution in [0.1, 0.15) is 0 Å². The van der Waals surface area contributed by atoms with Gasteiger partial charge in [0.1, 0.15) is 0 Å². The summed E-state index contributed by atoms with van der Waals surface area (Å²) in [6.45, 7) is 0. The van der Waals surface area contributed by atoms with E-state index in [0.29, 0.717) is 5.02 Å². The molecule has 0 bridgehead atoms. The van der Waals surface area contributed by atoms with Gasteiger partial charge in [-0.3, -0.25) is 0 Å². The van der Waals surface area contributed by atoms with E-state index in [9.17, 15) is 4.39 Å². The Morgan fingerprint density at radius 1 is 1.44 bits per heavy atom. The molecule has 1 aromatic carbocycles. The monoisotopic (exact) mass is 193 g/mol. The average molecular weight is 195 g/mol. The SMILES string of the molecule is Fc1cc(Cl)cc[c]1[Zn]. The van der Waals surface area contributed by atoms with Crippen LogP contribution in [0.25, 0.3) is 0 Å². The van der Waals surface area contributed by atoms with E-state index < -0.39 is 0 Å². The summed E-state index contributed by atoms with van der Waals surface area (Å²) < 4.78 is 13.3. The molecule has 0 atom stereocenters. The molecule has 3 heteroatoms. The molecule has 9 heavy (non-hydrogen) atoms. The molecule has 0 saturated carbocycles. The molecule has 0 aromatic heterocycles. The van der Waals surface area contributed by atoms with Crippen molar-refractivity contribution in [2.24, 2.45) is 0 Å². The number of hydrogen-bond acceptors (Lipinski definition) is 0. The van der Waals surface area contributed by atoms with Crippen LogP contribution in [0, 0.1) is 5.82 Å². The van der Waals surface area contributed by atoms with E-state index in [1.807, 2.05) is 0 Å². The van der Waals surface area contributed by atoms with Crippen LogP contribution in [0.15, 0.2) is 18.2 Å². The van der Waals surface area contributed by atoms with E-state index in [4.69, 9.17) is 11.6 Å². The number of benzene rings is 1. The fraction of sp³-hybridized carbons (Fsp3) is 0. The molecule has 0 aliphatic carbocycles. The van der Waals surface area contributed by atoms with Crippen molar-refractivity contribution in [1.82, 2.24) is 0 Å². The van der Waals surface area contributed by atoms with Gasteiger partial charge in [-0.05, 0) is 0 Å². The standard InChI is InChI=1S/C6H3ClF.Zn/c7-5-2-1-3-6(8)4-5;/h1-2,4H;. The second-order valence-electron chi connectivity index (χ2n) is 1.74. The summed E-state index contributed by atoms with van der Waals surface area (Å²) in [6, 6.07) is 4.74. The third-order valence-corrected chi connectivity index (χ3v) is 2.45. The molecule has 0 saturated heterocycles. The van der Waals surface area contributed by atoms with Crippen molar-refractivity contribution < 1.29 is 22.7 Å². The molecule has 0 aliphatic rings. The minimum atomic E-state index is -0.192. The second kappa shape index (κ2) is 2.76. The van der Waals surface area contributed by atoms with Crippen LogP contribution in [-0.2, 0) is 18.3 Å². The van der Waals surface area contributed by atoms with Crippen molar-refractivity contribution >= 4 is 15.8 Å². The molecule has 0 fully saturated rings. The summed E-state index contributed by atoms with van der Waals surface area (Å²) in [4.78, 5) is 0. The van der Waals surface area contributed by atoms with Gasteiger partial charge in [0, 0.05) is 0 Å². The molecule has 1 aromatic rings. The summed E-state index contributed by atoms with van der Waals surface area (Å²) >= 11 is 6.33. The molecule has 0 radical (unpaired) electrons. The van der Waals surface area contributed by atoms with E-state index >= 15 is 0 Å². The minimum absolute atomic E-state index is 0.192. The van der Waals surface area contributed by atoms with Gasteiger partial charge in [0.05, 0.1) is 0 Å². The van der Waals surface area contributed by atoms with E-state index in [1.54, 1.807) is 12.1 Å². The van der Waals surface area contributed by atoms with Gasteiger partial charge in [0.25, 0.3) is 0 Å². The first-order chi connectivity index (χ1) is 4.20. The first-order valence-electron chi connectivity index (χ1n) is 2.47. The Morgan fingerprint density at radius 2 is 2.11 bits per heavy atom. The average Bonchev–Trinajstić information content (AvgIpc) is 1.80. The molecule has 0 N–H and O–H groups in total. The van der Waals surface area contributed by atoms with Crippen molar-refractivity contribution in [3.63, 3.8) is 0 Å². The summed E-state index contributed by atoms with van der Waals surface area (Å²) in [6.07, 6.45) is 0. The molecule has 43 valence electrons. The first-order valence-corrected chi connectivity index (χ1v) is 4.33. The summed E-state index contributed by atoms with van der Waals surface area (Å²) in [5.41, 5.74) is 0. The Morgan fingerprint density at radius 3 is 2.56 bits per heavy atom. The van der Waals surface area contributed by atoms with Crippen molar-refractivity contribution in [1.29, 1.82) is 0 Å². The third kappa shape index (κ3) is 1.74. The number of rotatable bonds is 0. The Labute approximate surface area is 67.7 Å². The Balaban J connectivity index is 3.17. The number of halogens is 2. The summed E-state index contributed by atoms with van der Waals surface area (Å²) in [5.74, 6) is -0.192. The first kappa shape index (κ1) is 7.17. The second-order valence-corrected chi connectivity index (χ2v) is 3.77. The maximum atomic E-state index is 12.5. The predicted molar refractivity (Wildman–Crippen MR) is 31.0 cm³/mol. The van der Waals surface area contributed by atoms with Crippen molar-refractivity contribution in [3.8, 4) is 0 Å². The van der Waals surface area contributed by atoms with E-state index in [-0.39, 0.29) is 5.82 Å². The zero-order chi connectivity index (χ0) is 6.85. The van der Waals surface area contributed by atoms with Crippen LogP contribution >= 0.6 is 11.6 Å². The van der Waals surface area contributed by atoms with Gasteiger partial charge in [-0.1, -0.05) is 0 Å². The van der Waals surface area contributed by atoms with Gasteiger partial charge >= 0.3 is 67.5 Å². The van der Waals surface area contributed by atoms with E-state index in [1.165, 1.54) is 6.07 Å². The maximum absolute atomic E-state index is 12.5. The van der Waals surface area contributed by atoms with Crippen LogP contribution < -0.4 is 4.16 Å². The molecule has 1 rings (SSSR count). The summed E-state index contributed by atoms with van der Waals surface area (Å²) in [7, 11) is 0. The van der Waals surface area contributed by atoms with Gasteiger partial charge in [-0.15, -0.1) is 0 Å². The van der Waals surface area contributed by atoms with Crippen LogP contribution in [0.5, 0.6) is 0 Å². The van der Waals surface area contributed by atoms with Gasteiger partial charge in [0.15, 0.2) is 0 Å². The quantitative estimate of drug-likeness (QED) is 0.552. The zero-order valence-corrected chi connectivity index (χ0v) is 8.42. The zero-order valence-electron chi connectivity index (χ0n) is 4.70. The van der Waals surface area contributed by atoms with Gasteiger partial charge in [-0.2, -0.15) is 0 Å². The third-order valence-electron chi connectivity index (χ3n) is 1.02. The molecule has 0 heterocycles. The molecule has 0 amide bonds. The van der Waals surface area contributed by atoms with Crippen LogP contribution in [0.4, 0.5) is 4.39 Å². The molecule has 0 aliphatic heterocycles. The number of hydrogen-bond donors (Lipinski definition) is 0. The molecular weight excluding hydrogens is 192 g/mol. The predicted octanol–water partition coefficient (Wildman–Crippen LogP) is 1.65. The normalized spacial score (nSPS) is 9.78. The van der Waals surface area contributed by atoms with Crippen LogP contribution in [-0.4, -0.2) is 0 Å².